The maximum absolute atomic E-state index is 13.2. The Bertz CT molecular complexity index is 545. The first-order chi connectivity index (χ1) is 7.75. The largest absolute Gasteiger partial charge is 0.307 e. The van der Waals surface area contributed by atoms with Gasteiger partial charge in [0.2, 0.25) is 0 Å². The number of aromatic nitrogens is 2. The zero-order valence-corrected chi connectivity index (χ0v) is 9.00. The number of fused-ring (bicyclic) bond motifs is 1. The standard InChI is InChI=1S/C12H12FN3/c1-16-12(8-3-2-4-9(13)5-8)10-6-14-7-11(10)15-16/h2-5,14H,6-7H2,1H3. The molecule has 0 aliphatic carbocycles. The third kappa shape index (κ3) is 1.34. The summed E-state index contributed by atoms with van der Waals surface area (Å²) in [4.78, 5) is 0. The van der Waals surface area contributed by atoms with E-state index in [4.69, 9.17) is 0 Å². The maximum atomic E-state index is 13.2. The molecule has 0 amide bonds. The molecule has 1 aromatic heterocycles. The summed E-state index contributed by atoms with van der Waals surface area (Å²) in [6, 6.07) is 6.65. The third-order valence-electron chi connectivity index (χ3n) is 2.92. The van der Waals surface area contributed by atoms with Crippen molar-refractivity contribution in [2.75, 3.05) is 0 Å². The number of hydrogen-bond donors (Lipinski definition) is 1. The summed E-state index contributed by atoms with van der Waals surface area (Å²) in [6.45, 7) is 1.62. The van der Waals surface area contributed by atoms with Crippen molar-refractivity contribution in [3.63, 3.8) is 0 Å². The number of nitrogens with one attached hydrogen (secondary N) is 1. The lowest BCUT2D eigenvalue weighted by Gasteiger charge is -2.05. The van der Waals surface area contributed by atoms with E-state index in [2.05, 4.69) is 10.4 Å². The van der Waals surface area contributed by atoms with E-state index < -0.39 is 0 Å². The summed E-state index contributed by atoms with van der Waals surface area (Å²) in [5.74, 6) is -0.210. The predicted octanol–water partition coefficient (Wildman–Crippen LogP) is 1.83. The van der Waals surface area contributed by atoms with E-state index in [1.165, 1.54) is 11.6 Å². The van der Waals surface area contributed by atoms with E-state index in [-0.39, 0.29) is 5.82 Å². The van der Waals surface area contributed by atoms with E-state index >= 15 is 0 Å². The summed E-state index contributed by atoms with van der Waals surface area (Å²) in [5.41, 5.74) is 4.16. The summed E-state index contributed by atoms with van der Waals surface area (Å²) in [6.07, 6.45) is 0. The zero-order valence-electron chi connectivity index (χ0n) is 9.00. The normalized spacial score (nSPS) is 14.1. The minimum Gasteiger partial charge on any atom is -0.307 e. The van der Waals surface area contributed by atoms with Crippen molar-refractivity contribution in [2.45, 2.75) is 13.1 Å². The Morgan fingerprint density at radius 3 is 3.06 bits per heavy atom. The quantitative estimate of drug-likeness (QED) is 0.789. The Hall–Kier alpha value is -1.68. The van der Waals surface area contributed by atoms with Crippen LogP contribution in [0.15, 0.2) is 24.3 Å². The van der Waals surface area contributed by atoms with Gasteiger partial charge in [-0.1, -0.05) is 12.1 Å². The Morgan fingerprint density at radius 2 is 2.25 bits per heavy atom. The summed E-state index contributed by atoms with van der Waals surface area (Å²) < 4.78 is 15.0. The lowest BCUT2D eigenvalue weighted by molar-refractivity contribution is 0.627. The molecule has 0 spiro atoms. The summed E-state index contributed by atoms with van der Waals surface area (Å²) in [7, 11) is 1.90. The van der Waals surface area contributed by atoms with Crippen molar-refractivity contribution in [1.29, 1.82) is 0 Å². The maximum Gasteiger partial charge on any atom is 0.123 e. The van der Waals surface area contributed by atoms with Gasteiger partial charge in [-0.15, -0.1) is 0 Å². The fraction of sp³-hybridized carbons (Fsp3) is 0.250. The average molecular weight is 217 g/mol. The van der Waals surface area contributed by atoms with Crippen LogP contribution in [0, 0.1) is 5.82 Å². The van der Waals surface area contributed by atoms with Crippen LogP contribution in [0.2, 0.25) is 0 Å². The van der Waals surface area contributed by atoms with Crippen LogP contribution in [-0.2, 0) is 20.1 Å². The minimum atomic E-state index is -0.210. The van der Waals surface area contributed by atoms with Crippen LogP contribution in [-0.4, -0.2) is 9.78 Å². The molecule has 0 saturated carbocycles. The highest BCUT2D eigenvalue weighted by molar-refractivity contribution is 5.65. The highest BCUT2D eigenvalue weighted by atomic mass is 19.1. The molecule has 3 nitrogen and oxygen atoms in total. The van der Waals surface area contributed by atoms with Gasteiger partial charge in [0.25, 0.3) is 0 Å². The van der Waals surface area contributed by atoms with E-state index in [0.29, 0.717) is 0 Å². The van der Waals surface area contributed by atoms with Gasteiger partial charge < -0.3 is 5.32 Å². The van der Waals surface area contributed by atoms with Crippen molar-refractivity contribution >= 4 is 0 Å². The fourth-order valence-electron chi connectivity index (χ4n) is 2.25. The molecule has 2 aromatic rings. The van der Waals surface area contributed by atoms with Crippen molar-refractivity contribution in [2.24, 2.45) is 7.05 Å². The molecule has 0 atom stereocenters. The molecular formula is C12H12FN3. The minimum absolute atomic E-state index is 0.210. The third-order valence-corrected chi connectivity index (χ3v) is 2.92. The number of nitrogens with zero attached hydrogens (tertiary/aromatic N) is 2. The van der Waals surface area contributed by atoms with Gasteiger partial charge in [0.05, 0.1) is 11.4 Å². The lowest BCUT2D eigenvalue weighted by atomic mass is 10.1. The van der Waals surface area contributed by atoms with Crippen molar-refractivity contribution < 1.29 is 4.39 Å². The molecule has 1 aliphatic rings. The highest BCUT2D eigenvalue weighted by Gasteiger charge is 2.21. The molecule has 0 unspecified atom stereocenters. The molecule has 0 bridgehead atoms. The molecule has 1 aromatic carbocycles. The van der Waals surface area contributed by atoms with Crippen molar-refractivity contribution in [3.8, 4) is 11.3 Å². The molecule has 82 valence electrons. The van der Waals surface area contributed by atoms with Crippen LogP contribution in [0.4, 0.5) is 4.39 Å². The molecule has 1 N–H and O–H groups in total. The Morgan fingerprint density at radius 1 is 1.38 bits per heavy atom. The van der Waals surface area contributed by atoms with Gasteiger partial charge in [0, 0.05) is 31.3 Å². The number of aryl methyl sites for hydroxylation is 1. The molecular weight excluding hydrogens is 205 g/mol. The van der Waals surface area contributed by atoms with E-state index in [0.717, 1.165) is 30.0 Å². The number of hydrogen-bond acceptors (Lipinski definition) is 2. The number of halogens is 1. The van der Waals surface area contributed by atoms with Gasteiger partial charge >= 0.3 is 0 Å². The van der Waals surface area contributed by atoms with E-state index in [9.17, 15) is 4.39 Å². The van der Waals surface area contributed by atoms with Crippen LogP contribution in [0.25, 0.3) is 11.3 Å². The molecule has 2 heterocycles. The van der Waals surface area contributed by atoms with Crippen LogP contribution in [0.3, 0.4) is 0 Å². The van der Waals surface area contributed by atoms with Gasteiger partial charge in [-0.05, 0) is 12.1 Å². The van der Waals surface area contributed by atoms with Gasteiger partial charge in [-0.3, -0.25) is 4.68 Å². The van der Waals surface area contributed by atoms with Crippen LogP contribution < -0.4 is 5.32 Å². The van der Waals surface area contributed by atoms with Crippen LogP contribution in [0.5, 0.6) is 0 Å². The molecule has 4 heteroatoms. The average Bonchev–Trinajstić information content (AvgIpc) is 2.76. The van der Waals surface area contributed by atoms with Gasteiger partial charge in [0.1, 0.15) is 5.82 Å². The highest BCUT2D eigenvalue weighted by Crippen LogP contribution is 2.28. The molecule has 3 rings (SSSR count). The Balaban J connectivity index is 2.19. The zero-order chi connectivity index (χ0) is 11.1. The SMILES string of the molecule is Cn1nc2c(c1-c1cccc(F)c1)CNC2. The summed E-state index contributed by atoms with van der Waals surface area (Å²) >= 11 is 0. The molecule has 0 saturated heterocycles. The van der Waals surface area contributed by atoms with E-state index in [1.807, 2.05) is 17.8 Å². The number of rotatable bonds is 1. The van der Waals surface area contributed by atoms with Crippen molar-refractivity contribution in [3.05, 3.63) is 41.3 Å². The van der Waals surface area contributed by atoms with Gasteiger partial charge in [-0.2, -0.15) is 5.10 Å². The van der Waals surface area contributed by atoms with Crippen LogP contribution in [0.1, 0.15) is 11.3 Å². The smallest absolute Gasteiger partial charge is 0.123 e. The molecule has 16 heavy (non-hydrogen) atoms. The van der Waals surface area contributed by atoms with Gasteiger partial charge in [0.15, 0.2) is 0 Å². The van der Waals surface area contributed by atoms with Crippen molar-refractivity contribution in [1.82, 2.24) is 15.1 Å². The summed E-state index contributed by atoms with van der Waals surface area (Å²) in [5, 5.41) is 7.68. The monoisotopic (exact) mass is 217 g/mol. The molecule has 0 radical (unpaired) electrons. The van der Waals surface area contributed by atoms with Gasteiger partial charge in [-0.25, -0.2) is 4.39 Å². The molecule has 1 aliphatic heterocycles. The van der Waals surface area contributed by atoms with E-state index in [1.54, 1.807) is 12.1 Å². The second-order valence-electron chi connectivity index (χ2n) is 4.01. The second-order valence-corrected chi connectivity index (χ2v) is 4.01. The second kappa shape index (κ2) is 3.42. The lowest BCUT2D eigenvalue weighted by Crippen LogP contribution is -2.06. The Kier molecular flexibility index (Phi) is 2.04. The van der Waals surface area contributed by atoms with Crippen LogP contribution >= 0.6 is 0 Å². The molecule has 0 fully saturated rings. The fourth-order valence-corrected chi connectivity index (χ4v) is 2.25. The Labute approximate surface area is 92.9 Å². The first-order valence-corrected chi connectivity index (χ1v) is 5.27. The predicted molar refractivity (Wildman–Crippen MR) is 59.1 cm³/mol. The topological polar surface area (TPSA) is 29.9 Å². The first-order valence-electron chi connectivity index (χ1n) is 5.27. The first kappa shape index (κ1) is 9.54. The number of benzene rings is 1.